The Morgan fingerprint density at radius 1 is 1.29 bits per heavy atom. The van der Waals surface area contributed by atoms with Crippen molar-refractivity contribution >= 4 is 5.52 Å². The SMILES string of the molecule is CCOc1ccc2c(-c3cc(OC)c(C(C)(O)NC4CC4)c(OC(F)F)c3)cnn2c1. The number of ether oxygens (including phenoxy) is 3. The van der Waals surface area contributed by atoms with Crippen LogP contribution < -0.4 is 19.5 Å². The molecule has 0 amide bonds. The van der Waals surface area contributed by atoms with Gasteiger partial charge in [-0.3, -0.25) is 5.32 Å². The molecule has 3 aromatic rings. The van der Waals surface area contributed by atoms with Gasteiger partial charge in [-0.25, -0.2) is 4.52 Å². The molecule has 0 saturated heterocycles. The predicted octanol–water partition coefficient (Wildman–Crippen LogP) is 3.93. The van der Waals surface area contributed by atoms with E-state index in [4.69, 9.17) is 14.2 Å². The third kappa shape index (κ3) is 4.42. The molecular weight excluding hydrogens is 408 g/mol. The zero-order valence-corrected chi connectivity index (χ0v) is 17.6. The van der Waals surface area contributed by atoms with E-state index in [1.165, 1.54) is 20.1 Å². The molecule has 1 fully saturated rings. The molecule has 1 saturated carbocycles. The molecule has 1 unspecified atom stereocenters. The first-order valence-electron chi connectivity index (χ1n) is 10.1. The van der Waals surface area contributed by atoms with Gasteiger partial charge in [0.25, 0.3) is 0 Å². The largest absolute Gasteiger partial charge is 0.496 e. The minimum Gasteiger partial charge on any atom is -0.496 e. The van der Waals surface area contributed by atoms with Crippen LogP contribution in [0.2, 0.25) is 0 Å². The van der Waals surface area contributed by atoms with Crippen molar-refractivity contribution in [3.05, 3.63) is 42.2 Å². The molecule has 0 bridgehead atoms. The third-order valence-electron chi connectivity index (χ3n) is 5.16. The Kier molecular flexibility index (Phi) is 5.72. The summed E-state index contributed by atoms with van der Waals surface area (Å²) < 4.78 is 44.0. The van der Waals surface area contributed by atoms with Crippen LogP contribution in [0.4, 0.5) is 8.78 Å². The second-order valence-corrected chi connectivity index (χ2v) is 7.61. The van der Waals surface area contributed by atoms with Gasteiger partial charge in [-0.2, -0.15) is 13.9 Å². The second kappa shape index (κ2) is 8.32. The maximum atomic E-state index is 13.2. The van der Waals surface area contributed by atoms with E-state index in [1.807, 2.05) is 19.1 Å². The molecule has 1 aromatic carbocycles. The number of methoxy groups -OCH3 is 1. The van der Waals surface area contributed by atoms with Gasteiger partial charge in [0.05, 0.1) is 37.2 Å². The average molecular weight is 433 g/mol. The van der Waals surface area contributed by atoms with Crippen LogP contribution >= 0.6 is 0 Å². The van der Waals surface area contributed by atoms with Crippen molar-refractivity contribution in [2.45, 2.75) is 45.1 Å². The highest BCUT2D eigenvalue weighted by atomic mass is 19.3. The summed E-state index contributed by atoms with van der Waals surface area (Å²) in [5, 5.41) is 18.4. The first-order valence-corrected chi connectivity index (χ1v) is 10.1. The number of nitrogens with zero attached hydrogens (tertiary/aromatic N) is 2. The Morgan fingerprint density at radius 3 is 2.68 bits per heavy atom. The van der Waals surface area contributed by atoms with Gasteiger partial charge in [0.1, 0.15) is 23.0 Å². The van der Waals surface area contributed by atoms with Gasteiger partial charge in [0, 0.05) is 11.6 Å². The van der Waals surface area contributed by atoms with Gasteiger partial charge in [-0.05, 0) is 56.5 Å². The Labute approximate surface area is 178 Å². The smallest absolute Gasteiger partial charge is 0.387 e. The lowest BCUT2D eigenvalue weighted by Gasteiger charge is -2.29. The minimum atomic E-state index is -3.06. The first-order chi connectivity index (χ1) is 14.8. The normalized spacial score (nSPS) is 15.8. The summed E-state index contributed by atoms with van der Waals surface area (Å²) >= 11 is 0. The van der Waals surface area contributed by atoms with Crippen LogP contribution in [0.15, 0.2) is 36.7 Å². The molecule has 2 N–H and O–H groups in total. The Morgan fingerprint density at radius 2 is 2.03 bits per heavy atom. The molecule has 1 aliphatic rings. The molecule has 0 radical (unpaired) electrons. The molecule has 4 rings (SSSR count). The van der Waals surface area contributed by atoms with E-state index in [-0.39, 0.29) is 23.1 Å². The Bertz CT molecular complexity index is 1080. The van der Waals surface area contributed by atoms with E-state index in [0.29, 0.717) is 23.5 Å². The van der Waals surface area contributed by atoms with E-state index in [2.05, 4.69) is 10.4 Å². The minimum absolute atomic E-state index is 0.123. The summed E-state index contributed by atoms with van der Waals surface area (Å²) in [6.07, 6.45) is 5.20. The van der Waals surface area contributed by atoms with E-state index >= 15 is 0 Å². The summed E-state index contributed by atoms with van der Waals surface area (Å²) in [4.78, 5) is 0. The molecule has 0 aliphatic heterocycles. The highest BCUT2D eigenvalue weighted by Gasteiger charge is 2.37. The van der Waals surface area contributed by atoms with E-state index in [0.717, 1.165) is 18.4 Å². The molecule has 7 nitrogen and oxygen atoms in total. The molecular formula is C22H25F2N3O4. The number of pyridine rings is 1. The van der Waals surface area contributed by atoms with Gasteiger partial charge >= 0.3 is 6.61 Å². The van der Waals surface area contributed by atoms with Gasteiger partial charge in [0.2, 0.25) is 0 Å². The molecule has 31 heavy (non-hydrogen) atoms. The van der Waals surface area contributed by atoms with Crippen molar-refractivity contribution in [2.75, 3.05) is 13.7 Å². The zero-order valence-electron chi connectivity index (χ0n) is 17.6. The van der Waals surface area contributed by atoms with Crippen LogP contribution in [0, 0.1) is 0 Å². The lowest BCUT2D eigenvalue weighted by atomic mass is 9.97. The van der Waals surface area contributed by atoms with Crippen LogP contribution in [-0.4, -0.2) is 41.1 Å². The Hall–Kier alpha value is -2.91. The number of benzene rings is 1. The van der Waals surface area contributed by atoms with Crippen molar-refractivity contribution in [3.8, 4) is 28.4 Å². The van der Waals surface area contributed by atoms with Gasteiger partial charge in [-0.1, -0.05) is 0 Å². The topological polar surface area (TPSA) is 77.2 Å². The van der Waals surface area contributed by atoms with Crippen LogP contribution in [0.1, 0.15) is 32.3 Å². The number of halogens is 2. The number of fused-ring (bicyclic) bond motifs is 1. The number of nitrogens with one attached hydrogen (secondary N) is 1. The van der Waals surface area contributed by atoms with E-state index in [1.54, 1.807) is 23.0 Å². The Balaban J connectivity index is 1.83. The van der Waals surface area contributed by atoms with Crippen molar-refractivity contribution < 1.29 is 28.1 Å². The van der Waals surface area contributed by atoms with Gasteiger partial charge < -0.3 is 19.3 Å². The highest BCUT2D eigenvalue weighted by molar-refractivity contribution is 5.82. The third-order valence-corrected chi connectivity index (χ3v) is 5.16. The van der Waals surface area contributed by atoms with Gasteiger partial charge in [-0.15, -0.1) is 0 Å². The lowest BCUT2D eigenvalue weighted by Crippen LogP contribution is -2.41. The summed E-state index contributed by atoms with van der Waals surface area (Å²) in [7, 11) is 1.42. The number of aliphatic hydroxyl groups is 1. The number of hydrogen-bond acceptors (Lipinski definition) is 6. The summed E-state index contributed by atoms with van der Waals surface area (Å²) in [5.41, 5.74) is 0.535. The van der Waals surface area contributed by atoms with Crippen molar-refractivity contribution in [2.24, 2.45) is 0 Å². The number of rotatable bonds is 9. The van der Waals surface area contributed by atoms with Crippen LogP contribution in [0.25, 0.3) is 16.6 Å². The highest BCUT2D eigenvalue weighted by Crippen LogP contribution is 2.43. The van der Waals surface area contributed by atoms with Crippen LogP contribution in [-0.2, 0) is 5.72 Å². The zero-order chi connectivity index (χ0) is 22.2. The number of alkyl halides is 2. The molecule has 2 aromatic heterocycles. The quantitative estimate of drug-likeness (QED) is 0.498. The molecule has 0 spiro atoms. The van der Waals surface area contributed by atoms with Crippen molar-refractivity contribution in [1.82, 2.24) is 14.9 Å². The second-order valence-electron chi connectivity index (χ2n) is 7.61. The first kappa shape index (κ1) is 21.3. The van der Waals surface area contributed by atoms with Crippen molar-refractivity contribution in [1.29, 1.82) is 0 Å². The molecule has 166 valence electrons. The van der Waals surface area contributed by atoms with Gasteiger partial charge in [0.15, 0.2) is 0 Å². The summed E-state index contributed by atoms with van der Waals surface area (Å²) in [6, 6.07) is 6.94. The standard InChI is InChI=1S/C22H25F2N3O4/c1-4-30-15-7-8-17-16(11-25-27(17)12-15)13-9-18(29-3)20(19(10-13)31-21(23)24)22(2,28)26-14-5-6-14/h7-12,14,21,26,28H,4-6H2,1-3H3. The summed E-state index contributed by atoms with van der Waals surface area (Å²) in [6.45, 7) is 0.866. The van der Waals surface area contributed by atoms with E-state index in [9.17, 15) is 13.9 Å². The number of aromatic nitrogens is 2. The fourth-order valence-corrected chi connectivity index (χ4v) is 3.71. The lowest BCUT2D eigenvalue weighted by molar-refractivity contribution is -0.0560. The van der Waals surface area contributed by atoms with Crippen LogP contribution in [0.3, 0.4) is 0 Å². The molecule has 2 heterocycles. The maximum Gasteiger partial charge on any atom is 0.387 e. The fourth-order valence-electron chi connectivity index (χ4n) is 3.71. The molecule has 1 atom stereocenters. The van der Waals surface area contributed by atoms with Crippen molar-refractivity contribution in [3.63, 3.8) is 0 Å². The molecule has 1 aliphatic carbocycles. The monoisotopic (exact) mass is 433 g/mol. The molecule has 9 heteroatoms. The van der Waals surface area contributed by atoms with E-state index < -0.39 is 12.3 Å². The summed E-state index contributed by atoms with van der Waals surface area (Å²) in [5.74, 6) is 0.742. The fraction of sp³-hybridized carbons (Fsp3) is 0.409. The maximum absolute atomic E-state index is 13.2. The average Bonchev–Trinajstić information content (AvgIpc) is 3.41. The number of hydrogen-bond donors (Lipinski definition) is 2. The van der Waals surface area contributed by atoms with Crippen LogP contribution in [0.5, 0.6) is 17.2 Å². The predicted molar refractivity (Wildman–Crippen MR) is 111 cm³/mol.